The third kappa shape index (κ3) is 46.8. The highest BCUT2D eigenvalue weighted by molar-refractivity contribution is 5.71. The normalized spacial score (nSPS) is 12.1. The minimum absolute atomic E-state index is 0.0714. The highest BCUT2D eigenvalue weighted by atomic mass is 16.6. The molecule has 6 heteroatoms. The number of unbranched alkanes of at least 4 members (excludes halogenated alkanes) is 33. The SMILES string of the molecule is CCCCC/C=C\C=C/CCCCCCCCC(=O)OC(COC(=O)CCCCCCCCCCCC)COC(=O)CCCCCCCCCCCCCCCCCC. The Morgan fingerprint density at radius 1 is 0.339 bits per heavy atom. The van der Waals surface area contributed by atoms with E-state index in [0.29, 0.717) is 19.3 Å². The lowest BCUT2D eigenvalue weighted by molar-refractivity contribution is -0.167. The van der Waals surface area contributed by atoms with Gasteiger partial charge in [0.2, 0.25) is 0 Å². The van der Waals surface area contributed by atoms with E-state index in [1.807, 2.05) is 0 Å². The van der Waals surface area contributed by atoms with Crippen LogP contribution < -0.4 is 0 Å². The van der Waals surface area contributed by atoms with Crippen LogP contribution in [0.25, 0.3) is 0 Å². The monoisotopic (exact) mass is 831 g/mol. The molecule has 0 spiro atoms. The average Bonchev–Trinajstić information content (AvgIpc) is 3.23. The summed E-state index contributed by atoms with van der Waals surface area (Å²) in [6.45, 7) is 6.61. The quantitative estimate of drug-likeness (QED) is 0.0263. The van der Waals surface area contributed by atoms with E-state index >= 15 is 0 Å². The Kier molecular flexibility index (Phi) is 46.8. The fraction of sp³-hybridized carbons (Fsp3) is 0.868. The second-order valence-electron chi connectivity index (χ2n) is 17.5. The zero-order valence-corrected chi connectivity index (χ0v) is 39.5. The van der Waals surface area contributed by atoms with Gasteiger partial charge >= 0.3 is 17.9 Å². The van der Waals surface area contributed by atoms with Gasteiger partial charge in [0.05, 0.1) is 0 Å². The summed E-state index contributed by atoms with van der Waals surface area (Å²) in [5.74, 6) is -0.871. The predicted octanol–water partition coefficient (Wildman–Crippen LogP) is 16.8. The first-order valence-corrected chi connectivity index (χ1v) is 25.9. The van der Waals surface area contributed by atoms with Gasteiger partial charge in [-0.25, -0.2) is 0 Å². The van der Waals surface area contributed by atoms with Crippen LogP contribution in [-0.2, 0) is 28.6 Å². The number of rotatable bonds is 47. The molecule has 0 aromatic rings. The van der Waals surface area contributed by atoms with Crippen LogP contribution in [0.5, 0.6) is 0 Å². The second-order valence-corrected chi connectivity index (χ2v) is 17.5. The summed E-state index contributed by atoms with van der Waals surface area (Å²) >= 11 is 0. The molecule has 0 saturated heterocycles. The van der Waals surface area contributed by atoms with E-state index in [4.69, 9.17) is 14.2 Å². The number of carbonyl (C=O) groups is 3. The van der Waals surface area contributed by atoms with Crippen LogP contribution in [0.15, 0.2) is 24.3 Å². The van der Waals surface area contributed by atoms with Gasteiger partial charge in [0.1, 0.15) is 13.2 Å². The first-order chi connectivity index (χ1) is 29.0. The van der Waals surface area contributed by atoms with Crippen LogP contribution in [0, 0.1) is 0 Å². The average molecular weight is 831 g/mol. The highest BCUT2D eigenvalue weighted by Crippen LogP contribution is 2.16. The van der Waals surface area contributed by atoms with Gasteiger partial charge in [-0.1, -0.05) is 238 Å². The molecular weight excluding hydrogens is 733 g/mol. The van der Waals surface area contributed by atoms with Gasteiger partial charge in [-0.15, -0.1) is 0 Å². The Balaban J connectivity index is 4.32. The molecule has 0 rings (SSSR count). The van der Waals surface area contributed by atoms with Crippen LogP contribution >= 0.6 is 0 Å². The van der Waals surface area contributed by atoms with Crippen LogP contribution in [-0.4, -0.2) is 37.2 Å². The molecule has 0 bridgehead atoms. The van der Waals surface area contributed by atoms with Crippen molar-refractivity contribution in [3.63, 3.8) is 0 Å². The molecule has 346 valence electrons. The van der Waals surface area contributed by atoms with Crippen LogP contribution in [0.2, 0.25) is 0 Å². The van der Waals surface area contributed by atoms with Crippen molar-refractivity contribution in [2.45, 2.75) is 284 Å². The van der Waals surface area contributed by atoms with Crippen molar-refractivity contribution in [2.24, 2.45) is 0 Å². The molecule has 0 radical (unpaired) electrons. The van der Waals surface area contributed by atoms with Crippen molar-refractivity contribution in [2.75, 3.05) is 13.2 Å². The number of hydrogen-bond acceptors (Lipinski definition) is 6. The van der Waals surface area contributed by atoms with E-state index in [2.05, 4.69) is 45.1 Å². The molecule has 0 aliphatic carbocycles. The summed E-state index contributed by atoms with van der Waals surface area (Å²) < 4.78 is 16.8. The van der Waals surface area contributed by atoms with Crippen LogP contribution in [0.3, 0.4) is 0 Å². The Morgan fingerprint density at radius 2 is 0.593 bits per heavy atom. The van der Waals surface area contributed by atoms with E-state index < -0.39 is 6.10 Å². The molecule has 0 amide bonds. The van der Waals surface area contributed by atoms with Gasteiger partial charge in [-0.3, -0.25) is 14.4 Å². The van der Waals surface area contributed by atoms with Crippen molar-refractivity contribution < 1.29 is 28.6 Å². The maximum Gasteiger partial charge on any atom is 0.306 e. The topological polar surface area (TPSA) is 78.9 Å². The maximum absolute atomic E-state index is 12.8. The summed E-state index contributed by atoms with van der Waals surface area (Å²) in [7, 11) is 0. The molecule has 1 unspecified atom stereocenters. The molecular formula is C53H98O6. The molecule has 0 aliphatic heterocycles. The number of ether oxygens (including phenoxy) is 3. The van der Waals surface area contributed by atoms with Gasteiger partial charge in [-0.2, -0.15) is 0 Å². The molecule has 0 aliphatic rings. The molecule has 1 atom stereocenters. The predicted molar refractivity (Wildman–Crippen MR) is 252 cm³/mol. The lowest BCUT2D eigenvalue weighted by Gasteiger charge is -2.18. The molecule has 59 heavy (non-hydrogen) atoms. The third-order valence-electron chi connectivity index (χ3n) is 11.5. The fourth-order valence-electron chi connectivity index (χ4n) is 7.55. The first kappa shape index (κ1) is 56.9. The lowest BCUT2D eigenvalue weighted by atomic mass is 10.0. The largest absolute Gasteiger partial charge is 0.462 e. The standard InChI is InChI=1S/C53H98O6/c1-4-7-10-13-16-19-22-24-26-28-29-31-34-37-40-43-46-52(55)58-49-50(48-57-51(54)45-42-39-36-33-21-18-15-12-9-6-3)59-53(56)47-44-41-38-35-32-30-27-25-23-20-17-14-11-8-5-2/h17,20,23,25,50H,4-16,18-19,21-22,24,26-49H2,1-3H3/b20-17-,25-23-. The molecule has 0 saturated carbocycles. The molecule has 0 N–H and O–H groups in total. The van der Waals surface area contributed by atoms with Gasteiger partial charge in [-0.05, 0) is 44.9 Å². The van der Waals surface area contributed by atoms with Gasteiger partial charge in [0.25, 0.3) is 0 Å². The minimum atomic E-state index is -0.770. The van der Waals surface area contributed by atoms with Gasteiger partial charge in [0.15, 0.2) is 6.10 Å². The van der Waals surface area contributed by atoms with E-state index in [-0.39, 0.29) is 31.1 Å². The molecule has 6 nitrogen and oxygen atoms in total. The molecule has 0 aromatic carbocycles. The molecule has 0 heterocycles. The van der Waals surface area contributed by atoms with Gasteiger partial charge < -0.3 is 14.2 Å². The number of esters is 3. The Morgan fingerprint density at radius 3 is 0.932 bits per heavy atom. The molecule has 0 aromatic heterocycles. The maximum atomic E-state index is 12.8. The van der Waals surface area contributed by atoms with E-state index in [1.54, 1.807) is 0 Å². The number of carbonyl (C=O) groups excluding carboxylic acids is 3. The van der Waals surface area contributed by atoms with Crippen molar-refractivity contribution in [3.05, 3.63) is 24.3 Å². The van der Waals surface area contributed by atoms with E-state index in [1.165, 1.54) is 173 Å². The summed E-state index contributed by atoms with van der Waals surface area (Å²) in [4.78, 5) is 37.9. The van der Waals surface area contributed by atoms with Crippen LogP contribution in [0.4, 0.5) is 0 Å². The van der Waals surface area contributed by atoms with Crippen LogP contribution in [0.1, 0.15) is 278 Å². The zero-order valence-electron chi connectivity index (χ0n) is 39.5. The minimum Gasteiger partial charge on any atom is -0.462 e. The van der Waals surface area contributed by atoms with E-state index in [0.717, 1.165) is 64.2 Å². The van der Waals surface area contributed by atoms with Crippen molar-refractivity contribution in [3.8, 4) is 0 Å². The van der Waals surface area contributed by atoms with Gasteiger partial charge in [0, 0.05) is 19.3 Å². The highest BCUT2D eigenvalue weighted by Gasteiger charge is 2.19. The summed E-state index contributed by atoms with van der Waals surface area (Å²) in [6, 6.07) is 0. The second kappa shape index (κ2) is 48.6. The summed E-state index contributed by atoms with van der Waals surface area (Å²) in [5, 5.41) is 0. The smallest absolute Gasteiger partial charge is 0.306 e. The fourth-order valence-corrected chi connectivity index (χ4v) is 7.55. The van der Waals surface area contributed by atoms with Crippen molar-refractivity contribution in [1.29, 1.82) is 0 Å². The Bertz CT molecular complexity index is 958. The number of hydrogen-bond donors (Lipinski definition) is 0. The summed E-state index contributed by atoms with van der Waals surface area (Å²) in [5.41, 5.74) is 0. The Hall–Kier alpha value is -2.11. The Labute approximate surface area is 366 Å². The van der Waals surface area contributed by atoms with Crippen molar-refractivity contribution >= 4 is 17.9 Å². The van der Waals surface area contributed by atoms with Crippen molar-refractivity contribution in [1.82, 2.24) is 0 Å². The first-order valence-electron chi connectivity index (χ1n) is 25.9. The van der Waals surface area contributed by atoms with E-state index in [9.17, 15) is 14.4 Å². The zero-order chi connectivity index (χ0) is 43.0. The molecule has 0 fully saturated rings. The lowest BCUT2D eigenvalue weighted by Crippen LogP contribution is -2.30. The summed E-state index contributed by atoms with van der Waals surface area (Å²) in [6.07, 6.45) is 54.4. The number of allylic oxidation sites excluding steroid dienone is 4. The third-order valence-corrected chi connectivity index (χ3v) is 11.5.